The Hall–Kier alpha value is -1.39. The fourth-order valence-corrected chi connectivity index (χ4v) is 3.70. The number of ether oxygens (including phenoxy) is 1. The van der Waals surface area contributed by atoms with Gasteiger partial charge in [0, 0.05) is 13.1 Å². The normalized spacial score (nSPS) is 21.5. The Morgan fingerprint density at radius 1 is 1.09 bits per heavy atom. The van der Waals surface area contributed by atoms with Crippen LogP contribution in [0.1, 0.15) is 44.1 Å². The van der Waals surface area contributed by atoms with Crippen molar-refractivity contribution in [3.63, 3.8) is 0 Å². The van der Waals surface area contributed by atoms with Crippen molar-refractivity contribution >= 4 is 5.91 Å². The van der Waals surface area contributed by atoms with Crippen molar-refractivity contribution in [3.8, 4) is 0 Å². The third kappa shape index (κ3) is 4.55. The van der Waals surface area contributed by atoms with Gasteiger partial charge >= 0.3 is 0 Å². The summed E-state index contributed by atoms with van der Waals surface area (Å²) in [6.07, 6.45) is 8.31. The highest BCUT2D eigenvalue weighted by atomic mass is 16.5. The number of rotatable bonds is 5. The van der Waals surface area contributed by atoms with Gasteiger partial charge in [-0.25, -0.2) is 0 Å². The summed E-state index contributed by atoms with van der Waals surface area (Å²) in [7, 11) is 0. The lowest BCUT2D eigenvalue weighted by Gasteiger charge is -2.34. The second kappa shape index (κ2) is 7.93. The molecule has 4 heteroatoms. The zero-order chi connectivity index (χ0) is 16.1. The number of benzene rings is 1. The number of nitrogens with zero attached hydrogens (tertiary/aromatic N) is 1. The van der Waals surface area contributed by atoms with Crippen molar-refractivity contribution in [2.45, 2.75) is 63.2 Å². The van der Waals surface area contributed by atoms with E-state index in [1.807, 2.05) is 35.2 Å². The lowest BCUT2D eigenvalue weighted by molar-refractivity contribution is -0.136. The average molecular weight is 316 g/mol. The first-order valence-corrected chi connectivity index (χ1v) is 8.96. The van der Waals surface area contributed by atoms with Crippen molar-refractivity contribution in [1.29, 1.82) is 0 Å². The van der Waals surface area contributed by atoms with Crippen LogP contribution < -0.4 is 5.73 Å². The molecule has 2 aliphatic rings. The second-order valence-corrected chi connectivity index (χ2v) is 6.86. The number of hydrogen-bond acceptors (Lipinski definition) is 3. The zero-order valence-corrected chi connectivity index (χ0v) is 13.8. The van der Waals surface area contributed by atoms with E-state index >= 15 is 0 Å². The molecule has 1 atom stereocenters. The molecule has 0 aromatic heterocycles. The molecule has 0 unspecified atom stereocenters. The topological polar surface area (TPSA) is 55.6 Å². The monoisotopic (exact) mass is 316 g/mol. The van der Waals surface area contributed by atoms with E-state index in [9.17, 15) is 4.79 Å². The van der Waals surface area contributed by atoms with E-state index < -0.39 is 6.04 Å². The Balaban J connectivity index is 1.44. The largest absolute Gasteiger partial charge is 0.375 e. The van der Waals surface area contributed by atoms with Gasteiger partial charge in [0.15, 0.2) is 0 Å². The zero-order valence-electron chi connectivity index (χ0n) is 13.8. The van der Waals surface area contributed by atoms with Gasteiger partial charge in [0.2, 0.25) is 5.91 Å². The van der Waals surface area contributed by atoms with Gasteiger partial charge in [-0.2, -0.15) is 0 Å². The van der Waals surface area contributed by atoms with Crippen molar-refractivity contribution in [1.82, 2.24) is 4.90 Å². The summed E-state index contributed by atoms with van der Waals surface area (Å²) < 4.78 is 6.17. The molecule has 0 spiro atoms. The van der Waals surface area contributed by atoms with Crippen molar-refractivity contribution < 1.29 is 9.53 Å². The predicted octanol–water partition coefficient (Wildman–Crippen LogP) is 2.51. The van der Waals surface area contributed by atoms with E-state index in [4.69, 9.17) is 10.5 Å². The Morgan fingerprint density at radius 3 is 2.35 bits per heavy atom. The van der Waals surface area contributed by atoms with Crippen LogP contribution in [-0.4, -0.2) is 42.1 Å². The Labute approximate surface area is 139 Å². The second-order valence-electron chi connectivity index (χ2n) is 6.86. The van der Waals surface area contributed by atoms with Crippen LogP contribution in [0, 0.1) is 0 Å². The van der Waals surface area contributed by atoms with E-state index in [1.165, 1.54) is 25.7 Å². The van der Waals surface area contributed by atoms with Gasteiger partial charge in [-0.3, -0.25) is 4.79 Å². The van der Waals surface area contributed by atoms with Gasteiger partial charge in [0.05, 0.1) is 18.2 Å². The first-order valence-electron chi connectivity index (χ1n) is 8.96. The third-order valence-corrected chi connectivity index (χ3v) is 5.06. The molecule has 1 saturated carbocycles. The summed E-state index contributed by atoms with van der Waals surface area (Å²) in [6.45, 7) is 1.55. The van der Waals surface area contributed by atoms with Gasteiger partial charge in [0.25, 0.3) is 0 Å². The van der Waals surface area contributed by atoms with Gasteiger partial charge < -0.3 is 15.4 Å². The maximum absolute atomic E-state index is 12.5. The first-order chi connectivity index (χ1) is 11.2. The van der Waals surface area contributed by atoms with E-state index in [0.29, 0.717) is 18.6 Å². The van der Waals surface area contributed by atoms with Crippen LogP contribution in [0.25, 0.3) is 0 Å². The van der Waals surface area contributed by atoms with Crippen LogP contribution in [0.15, 0.2) is 30.3 Å². The number of likely N-dealkylation sites (tertiary alicyclic amines) is 1. The third-order valence-electron chi connectivity index (χ3n) is 5.06. The van der Waals surface area contributed by atoms with Gasteiger partial charge in [-0.1, -0.05) is 43.2 Å². The number of piperidine rings is 1. The SMILES string of the molecule is N[C@@H](Cc1ccccc1)C(=O)N1CCC(OC2CCCC2)CC1. The molecule has 126 valence electrons. The minimum Gasteiger partial charge on any atom is -0.375 e. The van der Waals surface area contributed by atoms with E-state index in [0.717, 1.165) is 31.5 Å². The summed E-state index contributed by atoms with van der Waals surface area (Å²) in [5.74, 6) is 0.0770. The first kappa shape index (κ1) is 16.5. The quantitative estimate of drug-likeness (QED) is 0.908. The minimum absolute atomic E-state index is 0.0770. The molecule has 1 amide bonds. The van der Waals surface area contributed by atoms with Gasteiger partial charge in [-0.05, 0) is 37.7 Å². The highest BCUT2D eigenvalue weighted by Crippen LogP contribution is 2.25. The molecule has 1 saturated heterocycles. The molecular formula is C19H28N2O2. The summed E-state index contributed by atoms with van der Waals surface area (Å²) in [6, 6.07) is 9.55. The average Bonchev–Trinajstić information content (AvgIpc) is 3.09. The lowest BCUT2D eigenvalue weighted by Crippen LogP contribution is -2.49. The standard InChI is InChI=1S/C19H28N2O2/c20-18(14-15-6-2-1-3-7-15)19(22)21-12-10-17(11-13-21)23-16-8-4-5-9-16/h1-3,6-7,16-18H,4-5,8-14,20H2/t18-/m0/s1. The van der Waals surface area contributed by atoms with Gasteiger partial charge in [-0.15, -0.1) is 0 Å². The summed E-state index contributed by atoms with van der Waals surface area (Å²) in [4.78, 5) is 14.4. The van der Waals surface area contributed by atoms with E-state index in [2.05, 4.69) is 0 Å². The maximum atomic E-state index is 12.5. The van der Waals surface area contributed by atoms with Crippen molar-refractivity contribution in [2.24, 2.45) is 5.73 Å². The number of nitrogens with two attached hydrogens (primary N) is 1. The molecule has 1 aromatic carbocycles. The molecule has 1 aliphatic carbocycles. The highest BCUT2D eigenvalue weighted by Gasteiger charge is 2.28. The molecule has 1 aromatic rings. The molecule has 0 radical (unpaired) electrons. The van der Waals surface area contributed by atoms with E-state index in [1.54, 1.807) is 0 Å². The predicted molar refractivity (Wildman–Crippen MR) is 91.1 cm³/mol. The summed E-state index contributed by atoms with van der Waals surface area (Å²) in [5.41, 5.74) is 7.24. The number of carbonyl (C=O) groups is 1. The molecule has 1 heterocycles. The molecule has 3 rings (SSSR count). The summed E-state index contributed by atoms with van der Waals surface area (Å²) in [5, 5.41) is 0. The molecule has 2 fully saturated rings. The van der Waals surface area contributed by atoms with Crippen LogP contribution in [0.2, 0.25) is 0 Å². The molecule has 0 bridgehead atoms. The molecule has 1 aliphatic heterocycles. The molecular weight excluding hydrogens is 288 g/mol. The Morgan fingerprint density at radius 2 is 1.70 bits per heavy atom. The van der Waals surface area contributed by atoms with Crippen LogP contribution in [0.5, 0.6) is 0 Å². The van der Waals surface area contributed by atoms with Crippen LogP contribution in [0.3, 0.4) is 0 Å². The van der Waals surface area contributed by atoms with Crippen molar-refractivity contribution in [3.05, 3.63) is 35.9 Å². The summed E-state index contributed by atoms with van der Waals surface area (Å²) >= 11 is 0. The van der Waals surface area contributed by atoms with Crippen LogP contribution >= 0.6 is 0 Å². The highest BCUT2D eigenvalue weighted by molar-refractivity contribution is 5.82. The number of carbonyl (C=O) groups excluding carboxylic acids is 1. The number of hydrogen-bond donors (Lipinski definition) is 1. The Bertz CT molecular complexity index is 491. The van der Waals surface area contributed by atoms with Crippen molar-refractivity contribution in [2.75, 3.05) is 13.1 Å². The Kier molecular flexibility index (Phi) is 5.68. The lowest BCUT2D eigenvalue weighted by atomic mass is 10.0. The fourth-order valence-electron chi connectivity index (χ4n) is 3.70. The fraction of sp³-hybridized carbons (Fsp3) is 0.632. The smallest absolute Gasteiger partial charge is 0.239 e. The van der Waals surface area contributed by atoms with Crippen LogP contribution in [-0.2, 0) is 16.0 Å². The maximum Gasteiger partial charge on any atom is 0.239 e. The molecule has 23 heavy (non-hydrogen) atoms. The minimum atomic E-state index is -0.440. The number of amides is 1. The van der Waals surface area contributed by atoms with Crippen LogP contribution in [0.4, 0.5) is 0 Å². The molecule has 2 N–H and O–H groups in total. The molecule has 4 nitrogen and oxygen atoms in total. The van der Waals surface area contributed by atoms with E-state index in [-0.39, 0.29) is 5.91 Å². The van der Waals surface area contributed by atoms with Gasteiger partial charge in [0.1, 0.15) is 0 Å².